The molecule has 136 valence electrons. The van der Waals surface area contributed by atoms with Crippen molar-refractivity contribution in [2.75, 3.05) is 6.61 Å². The Morgan fingerprint density at radius 3 is 2.52 bits per heavy atom. The standard InChI is InChI=1S/C21H17ClN2O3/c22-18-10-4-2-7-16(18)12-13-20(25)23-24-21(26)14-27-19-11-5-8-15-6-1-3-9-17(15)19/h1-13H,14H2,(H,23,25)(H,24,26). The van der Waals surface area contributed by atoms with Crippen LogP contribution in [0.15, 0.2) is 72.8 Å². The van der Waals surface area contributed by atoms with Gasteiger partial charge in [0.2, 0.25) is 0 Å². The van der Waals surface area contributed by atoms with E-state index in [1.165, 1.54) is 6.08 Å². The minimum atomic E-state index is -0.478. The number of fused-ring (bicyclic) bond motifs is 1. The van der Waals surface area contributed by atoms with Crippen LogP contribution in [0.1, 0.15) is 5.56 Å². The molecule has 0 bridgehead atoms. The Balaban J connectivity index is 1.49. The fourth-order valence-electron chi connectivity index (χ4n) is 2.45. The quantitative estimate of drug-likeness (QED) is 0.523. The van der Waals surface area contributed by atoms with Gasteiger partial charge in [0, 0.05) is 16.5 Å². The van der Waals surface area contributed by atoms with Crippen LogP contribution in [0, 0.1) is 0 Å². The van der Waals surface area contributed by atoms with Crippen LogP contribution in [0.4, 0.5) is 0 Å². The summed E-state index contributed by atoms with van der Waals surface area (Å²) in [6.45, 7) is -0.220. The minimum Gasteiger partial charge on any atom is -0.483 e. The minimum absolute atomic E-state index is 0.220. The predicted molar refractivity (Wildman–Crippen MR) is 106 cm³/mol. The highest BCUT2D eigenvalue weighted by Crippen LogP contribution is 2.24. The average Bonchev–Trinajstić information content (AvgIpc) is 2.70. The highest BCUT2D eigenvalue weighted by Gasteiger charge is 2.06. The maximum atomic E-state index is 11.9. The molecular formula is C21H17ClN2O3. The second-order valence-electron chi connectivity index (χ2n) is 5.66. The molecule has 0 atom stereocenters. The zero-order valence-corrected chi connectivity index (χ0v) is 15.1. The van der Waals surface area contributed by atoms with Gasteiger partial charge in [-0.25, -0.2) is 0 Å². The van der Waals surface area contributed by atoms with Crippen LogP contribution in [0.2, 0.25) is 5.02 Å². The zero-order valence-electron chi connectivity index (χ0n) is 14.3. The number of carbonyl (C=O) groups excluding carboxylic acids is 2. The van der Waals surface area contributed by atoms with E-state index in [-0.39, 0.29) is 6.61 Å². The fraction of sp³-hybridized carbons (Fsp3) is 0.0476. The van der Waals surface area contributed by atoms with E-state index >= 15 is 0 Å². The first kappa shape index (κ1) is 18.5. The van der Waals surface area contributed by atoms with Crippen LogP contribution in [0.25, 0.3) is 16.8 Å². The second-order valence-corrected chi connectivity index (χ2v) is 6.07. The van der Waals surface area contributed by atoms with Gasteiger partial charge < -0.3 is 4.74 Å². The third-order valence-corrected chi connectivity index (χ3v) is 4.10. The molecule has 0 saturated heterocycles. The van der Waals surface area contributed by atoms with Gasteiger partial charge in [-0.15, -0.1) is 0 Å². The molecule has 0 radical (unpaired) electrons. The molecule has 5 nitrogen and oxygen atoms in total. The van der Waals surface area contributed by atoms with E-state index in [2.05, 4.69) is 10.9 Å². The summed E-state index contributed by atoms with van der Waals surface area (Å²) in [4.78, 5) is 23.7. The number of rotatable bonds is 5. The number of benzene rings is 3. The highest BCUT2D eigenvalue weighted by atomic mass is 35.5. The van der Waals surface area contributed by atoms with Crippen molar-refractivity contribution in [1.82, 2.24) is 10.9 Å². The van der Waals surface area contributed by atoms with Crippen LogP contribution in [-0.2, 0) is 9.59 Å². The van der Waals surface area contributed by atoms with E-state index in [1.807, 2.05) is 42.5 Å². The van der Waals surface area contributed by atoms with E-state index in [0.29, 0.717) is 16.3 Å². The monoisotopic (exact) mass is 380 g/mol. The molecular weight excluding hydrogens is 364 g/mol. The van der Waals surface area contributed by atoms with Gasteiger partial charge >= 0.3 is 0 Å². The third kappa shape index (κ3) is 5.09. The lowest BCUT2D eigenvalue weighted by Gasteiger charge is -2.10. The lowest BCUT2D eigenvalue weighted by atomic mass is 10.1. The van der Waals surface area contributed by atoms with Gasteiger partial charge in [-0.3, -0.25) is 20.4 Å². The molecule has 3 aromatic carbocycles. The second kappa shape index (κ2) is 8.87. The van der Waals surface area contributed by atoms with Crippen molar-refractivity contribution >= 4 is 40.3 Å². The summed E-state index contributed by atoms with van der Waals surface area (Å²) in [5.41, 5.74) is 5.31. The van der Waals surface area contributed by atoms with Crippen LogP contribution >= 0.6 is 11.6 Å². The van der Waals surface area contributed by atoms with Crippen molar-refractivity contribution in [2.45, 2.75) is 0 Å². The molecule has 0 aliphatic rings. The first-order valence-electron chi connectivity index (χ1n) is 8.25. The number of hydrazine groups is 1. The Hall–Kier alpha value is -3.31. The maximum Gasteiger partial charge on any atom is 0.276 e. The molecule has 6 heteroatoms. The van der Waals surface area contributed by atoms with Crippen molar-refractivity contribution in [2.24, 2.45) is 0 Å². The van der Waals surface area contributed by atoms with Crippen molar-refractivity contribution < 1.29 is 14.3 Å². The van der Waals surface area contributed by atoms with Gasteiger partial charge in [-0.1, -0.05) is 66.2 Å². The Labute approximate surface area is 161 Å². The molecule has 0 heterocycles. The lowest BCUT2D eigenvalue weighted by molar-refractivity contribution is -0.128. The van der Waals surface area contributed by atoms with E-state index in [9.17, 15) is 9.59 Å². The smallest absolute Gasteiger partial charge is 0.276 e. The van der Waals surface area contributed by atoms with Gasteiger partial charge in [-0.05, 0) is 29.2 Å². The van der Waals surface area contributed by atoms with E-state index in [4.69, 9.17) is 16.3 Å². The predicted octanol–water partition coefficient (Wildman–Crippen LogP) is 3.73. The van der Waals surface area contributed by atoms with Crippen molar-refractivity contribution in [3.8, 4) is 5.75 Å². The topological polar surface area (TPSA) is 67.4 Å². The van der Waals surface area contributed by atoms with Gasteiger partial charge in [0.1, 0.15) is 5.75 Å². The first-order chi connectivity index (χ1) is 13.1. The molecule has 3 rings (SSSR count). The number of amides is 2. The van der Waals surface area contributed by atoms with Crippen molar-refractivity contribution in [3.05, 3.63) is 83.4 Å². The SMILES string of the molecule is O=C(C=Cc1ccccc1Cl)NNC(=O)COc1cccc2ccccc12. The summed E-state index contributed by atoms with van der Waals surface area (Å²) in [6, 6.07) is 20.5. The summed E-state index contributed by atoms with van der Waals surface area (Å²) in [6.07, 6.45) is 2.85. The maximum absolute atomic E-state index is 11.9. The van der Waals surface area contributed by atoms with Gasteiger partial charge in [-0.2, -0.15) is 0 Å². The van der Waals surface area contributed by atoms with Gasteiger partial charge in [0.15, 0.2) is 6.61 Å². The molecule has 0 saturated carbocycles. The van der Waals surface area contributed by atoms with Gasteiger partial charge in [0.05, 0.1) is 0 Å². The first-order valence-corrected chi connectivity index (χ1v) is 8.63. The largest absolute Gasteiger partial charge is 0.483 e. The third-order valence-electron chi connectivity index (χ3n) is 3.75. The fourth-order valence-corrected chi connectivity index (χ4v) is 2.65. The normalized spacial score (nSPS) is 10.7. The molecule has 0 aliphatic heterocycles. The number of nitrogens with one attached hydrogen (secondary N) is 2. The van der Waals surface area contributed by atoms with Gasteiger partial charge in [0.25, 0.3) is 11.8 Å². The summed E-state index contributed by atoms with van der Waals surface area (Å²) in [5.74, 6) is -0.343. The Morgan fingerprint density at radius 1 is 0.926 bits per heavy atom. The van der Waals surface area contributed by atoms with Crippen LogP contribution in [0.5, 0.6) is 5.75 Å². The molecule has 3 aromatic rings. The average molecular weight is 381 g/mol. The number of hydrogen-bond donors (Lipinski definition) is 2. The van der Waals surface area contributed by atoms with Crippen LogP contribution < -0.4 is 15.6 Å². The summed E-state index contributed by atoms with van der Waals surface area (Å²) >= 11 is 6.01. The molecule has 2 N–H and O–H groups in total. The summed E-state index contributed by atoms with van der Waals surface area (Å²) in [5, 5.41) is 2.47. The Morgan fingerprint density at radius 2 is 1.67 bits per heavy atom. The summed E-state index contributed by atoms with van der Waals surface area (Å²) < 4.78 is 5.56. The Bertz CT molecular complexity index is 996. The number of hydrogen-bond acceptors (Lipinski definition) is 3. The van der Waals surface area contributed by atoms with Crippen LogP contribution in [0.3, 0.4) is 0 Å². The molecule has 2 amide bonds. The molecule has 0 unspecified atom stereocenters. The molecule has 0 aliphatic carbocycles. The van der Waals surface area contributed by atoms with Crippen molar-refractivity contribution in [3.63, 3.8) is 0 Å². The van der Waals surface area contributed by atoms with Crippen molar-refractivity contribution in [1.29, 1.82) is 0 Å². The number of ether oxygens (including phenoxy) is 1. The zero-order chi connectivity index (χ0) is 19.1. The molecule has 27 heavy (non-hydrogen) atoms. The molecule has 0 fully saturated rings. The Kier molecular flexibility index (Phi) is 6.07. The van der Waals surface area contributed by atoms with E-state index < -0.39 is 11.8 Å². The lowest BCUT2D eigenvalue weighted by Crippen LogP contribution is -2.43. The molecule has 0 aromatic heterocycles. The number of halogens is 1. The summed E-state index contributed by atoms with van der Waals surface area (Å²) in [7, 11) is 0. The number of carbonyl (C=O) groups is 2. The van der Waals surface area contributed by atoms with Crippen LogP contribution in [-0.4, -0.2) is 18.4 Å². The molecule has 0 spiro atoms. The highest BCUT2D eigenvalue weighted by molar-refractivity contribution is 6.32. The van der Waals surface area contributed by atoms with E-state index in [0.717, 1.165) is 10.8 Å². The van der Waals surface area contributed by atoms with E-state index in [1.54, 1.807) is 30.3 Å².